The summed E-state index contributed by atoms with van der Waals surface area (Å²) in [5, 5.41) is 1.67. The molecule has 0 aliphatic carbocycles. The Balaban J connectivity index is 1.57. The van der Waals surface area contributed by atoms with E-state index in [4.69, 9.17) is 4.74 Å². The molecule has 0 radical (unpaired) electrons. The van der Waals surface area contributed by atoms with Crippen molar-refractivity contribution >= 4 is 38.9 Å². The molecule has 0 spiro atoms. The molecule has 1 aliphatic rings. The van der Waals surface area contributed by atoms with E-state index in [1.54, 1.807) is 51.7 Å². The number of aromatic nitrogens is 4. The molecule has 1 amide bonds. The van der Waals surface area contributed by atoms with Gasteiger partial charge >= 0.3 is 0 Å². The highest BCUT2D eigenvalue weighted by Crippen LogP contribution is 2.29. The van der Waals surface area contributed by atoms with E-state index in [0.717, 1.165) is 26.4 Å². The lowest BCUT2D eigenvalue weighted by Crippen LogP contribution is -2.40. The normalized spacial score (nSPS) is 15.2. The van der Waals surface area contributed by atoms with Gasteiger partial charge in [-0.1, -0.05) is 6.07 Å². The number of nitrogens with zero attached hydrogens (tertiary/aromatic N) is 5. The number of fused-ring (bicyclic) bond motifs is 1. The number of benzene rings is 1. The van der Waals surface area contributed by atoms with Crippen LogP contribution in [0.15, 0.2) is 47.9 Å². The van der Waals surface area contributed by atoms with Crippen molar-refractivity contribution in [3.05, 3.63) is 53.4 Å². The highest BCUT2D eigenvalue weighted by atomic mass is 32.2. The van der Waals surface area contributed by atoms with Gasteiger partial charge in [-0.05, 0) is 19.1 Å². The maximum atomic E-state index is 13.0. The minimum absolute atomic E-state index is 0.0440. The second-order valence-corrected chi connectivity index (χ2v) is 10.1. The van der Waals surface area contributed by atoms with Gasteiger partial charge in [-0.15, -0.1) is 11.3 Å². The smallest absolute Gasteiger partial charge is 0.254 e. The van der Waals surface area contributed by atoms with Crippen molar-refractivity contribution in [3.8, 4) is 16.5 Å². The van der Waals surface area contributed by atoms with Gasteiger partial charge in [0.05, 0.1) is 34.4 Å². The van der Waals surface area contributed by atoms with Crippen molar-refractivity contribution in [3.63, 3.8) is 0 Å². The summed E-state index contributed by atoms with van der Waals surface area (Å²) in [6.45, 7) is 4.24. The number of ether oxygens (including phenoxy) is 1. The molecule has 32 heavy (non-hydrogen) atoms. The van der Waals surface area contributed by atoms with Gasteiger partial charge in [0.15, 0.2) is 0 Å². The van der Waals surface area contributed by atoms with Gasteiger partial charge in [0.25, 0.3) is 5.91 Å². The molecule has 10 heteroatoms. The summed E-state index contributed by atoms with van der Waals surface area (Å²) in [6, 6.07) is 5.46. The van der Waals surface area contributed by atoms with Gasteiger partial charge in [-0.3, -0.25) is 13.6 Å². The number of aryl methyl sites for hydroxylation is 1. The molecule has 164 valence electrons. The van der Waals surface area contributed by atoms with Crippen LogP contribution in [0.5, 0.6) is 0 Å². The van der Waals surface area contributed by atoms with Gasteiger partial charge in [0, 0.05) is 65.5 Å². The molecule has 1 aliphatic heterocycles. The fourth-order valence-electron chi connectivity index (χ4n) is 3.72. The van der Waals surface area contributed by atoms with Gasteiger partial charge in [-0.25, -0.2) is 15.0 Å². The van der Waals surface area contributed by atoms with Gasteiger partial charge in [-0.2, -0.15) is 0 Å². The van der Waals surface area contributed by atoms with Gasteiger partial charge in [0.1, 0.15) is 5.01 Å². The summed E-state index contributed by atoms with van der Waals surface area (Å²) in [6.07, 6.45) is 8.71. The highest BCUT2D eigenvalue weighted by molar-refractivity contribution is 7.84. The first-order valence-electron chi connectivity index (χ1n) is 10.1. The number of morpholine rings is 1. The van der Waals surface area contributed by atoms with E-state index >= 15 is 0 Å². The number of hydrogen-bond donors (Lipinski definition) is 0. The molecule has 5 rings (SSSR count). The molecular weight excluding hydrogens is 446 g/mol. The molecule has 1 atom stereocenters. The summed E-state index contributed by atoms with van der Waals surface area (Å²) >= 11 is 1.58. The van der Waals surface area contributed by atoms with Crippen molar-refractivity contribution in [1.82, 2.24) is 24.4 Å². The topological polar surface area (TPSA) is 90.2 Å². The lowest BCUT2D eigenvalue weighted by molar-refractivity contribution is 0.0303. The van der Waals surface area contributed by atoms with Crippen LogP contribution in [-0.2, 0) is 15.5 Å². The molecule has 8 nitrogen and oxygen atoms in total. The number of carbonyl (C=O) groups excluding carboxylic acids is 1. The number of thiazole rings is 1. The van der Waals surface area contributed by atoms with Crippen LogP contribution in [0.2, 0.25) is 0 Å². The molecule has 0 N–H and O–H groups in total. The third-order valence-electron chi connectivity index (χ3n) is 5.35. The Morgan fingerprint density at radius 1 is 1.12 bits per heavy atom. The summed E-state index contributed by atoms with van der Waals surface area (Å²) in [5.74, 6) is 0.400. The second-order valence-electron chi connectivity index (χ2n) is 7.50. The zero-order valence-electron chi connectivity index (χ0n) is 17.6. The zero-order valence-corrected chi connectivity index (χ0v) is 19.3. The van der Waals surface area contributed by atoms with E-state index in [1.807, 2.05) is 25.3 Å². The molecule has 0 saturated carbocycles. The molecular formula is C22H21N5O3S2. The van der Waals surface area contributed by atoms with Crippen LogP contribution in [0.25, 0.3) is 27.4 Å². The Hall–Kier alpha value is -2.95. The molecule has 4 aromatic rings. The van der Waals surface area contributed by atoms with Gasteiger partial charge in [0.2, 0.25) is 5.95 Å². The monoisotopic (exact) mass is 467 g/mol. The average Bonchev–Trinajstić information content (AvgIpc) is 3.43. The summed E-state index contributed by atoms with van der Waals surface area (Å²) < 4.78 is 19.5. The molecule has 3 aromatic heterocycles. The maximum absolute atomic E-state index is 13.0. The Morgan fingerprint density at radius 2 is 1.88 bits per heavy atom. The molecule has 1 aromatic carbocycles. The minimum Gasteiger partial charge on any atom is -0.378 e. The van der Waals surface area contributed by atoms with Crippen LogP contribution in [0, 0.1) is 6.92 Å². The van der Waals surface area contributed by atoms with Gasteiger partial charge < -0.3 is 9.64 Å². The first kappa shape index (κ1) is 20.9. The van der Waals surface area contributed by atoms with Crippen molar-refractivity contribution in [2.45, 2.75) is 11.8 Å². The molecule has 1 unspecified atom stereocenters. The predicted molar refractivity (Wildman–Crippen MR) is 124 cm³/mol. The van der Waals surface area contributed by atoms with E-state index in [2.05, 4.69) is 15.0 Å². The molecule has 1 saturated heterocycles. The maximum Gasteiger partial charge on any atom is 0.254 e. The van der Waals surface area contributed by atoms with Crippen molar-refractivity contribution in [2.75, 3.05) is 32.6 Å². The number of amides is 1. The van der Waals surface area contributed by atoms with E-state index in [-0.39, 0.29) is 5.91 Å². The Kier molecular flexibility index (Phi) is 5.58. The van der Waals surface area contributed by atoms with Crippen molar-refractivity contribution in [2.24, 2.45) is 0 Å². The third kappa shape index (κ3) is 3.85. The van der Waals surface area contributed by atoms with Crippen LogP contribution in [0.3, 0.4) is 0 Å². The van der Waals surface area contributed by atoms with Crippen LogP contribution in [-0.4, -0.2) is 67.1 Å². The predicted octanol–water partition coefficient (Wildman–Crippen LogP) is 3.06. The molecule has 4 heterocycles. The quantitative estimate of drug-likeness (QED) is 0.458. The largest absolute Gasteiger partial charge is 0.378 e. The van der Waals surface area contributed by atoms with E-state index in [0.29, 0.717) is 42.7 Å². The fraction of sp³-hybridized carbons (Fsp3) is 0.273. The van der Waals surface area contributed by atoms with E-state index in [9.17, 15) is 9.00 Å². The minimum atomic E-state index is -1.21. The first-order valence-corrected chi connectivity index (χ1v) is 12.5. The molecule has 1 fully saturated rings. The SMILES string of the molecule is Cc1cnc(-c2cnc(-n3cc(S(C)=O)c4ccc(C(=O)N5CCOCC5)cc43)nc2)s1. The van der Waals surface area contributed by atoms with Crippen LogP contribution >= 0.6 is 11.3 Å². The van der Waals surface area contributed by atoms with Crippen LogP contribution in [0.4, 0.5) is 0 Å². The number of hydrogen-bond acceptors (Lipinski definition) is 7. The fourth-order valence-corrected chi connectivity index (χ4v) is 5.19. The Labute approximate surface area is 191 Å². The van der Waals surface area contributed by atoms with Crippen LogP contribution in [0.1, 0.15) is 15.2 Å². The highest BCUT2D eigenvalue weighted by Gasteiger charge is 2.21. The number of rotatable bonds is 4. The third-order valence-corrected chi connectivity index (χ3v) is 7.25. The van der Waals surface area contributed by atoms with Crippen molar-refractivity contribution < 1.29 is 13.7 Å². The average molecular weight is 468 g/mol. The van der Waals surface area contributed by atoms with Crippen molar-refractivity contribution in [1.29, 1.82) is 0 Å². The Bertz CT molecular complexity index is 1320. The summed E-state index contributed by atoms with van der Waals surface area (Å²) in [5.41, 5.74) is 2.15. The van der Waals surface area contributed by atoms with E-state index < -0.39 is 10.8 Å². The standard InChI is InChI=1S/C22H21N5O3S2/c1-14-10-23-20(31-14)16-11-24-22(25-12-16)27-13-19(32(2)29)17-4-3-15(9-18(17)27)21(28)26-5-7-30-8-6-26/h3-4,9-13H,5-8H2,1-2H3. The van der Waals surface area contributed by atoms with E-state index in [1.165, 1.54) is 0 Å². The second kappa shape index (κ2) is 8.53. The summed E-state index contributed by atoms with van der Waals surface area (Å²) in [4.78, 5) is 30.0. The lowest BCUT2D eigenvalue weighted by Gasteiger charge is -2.26. The zero-order chi connectivity index (χ0) is 22.2. The van der Waals surface area contributed by atoms with Crippen LogP contribution < -0.4 is 0 Å². The summed E-state index contributed by atoms with van der Waals surface area (Å²) in [7, 11) is -1.21. The Morgan fingerprint density at radius 3 is 2.53 bits per heavy atom. The first-order chi connectivity index (χ1) is 15.5. The lowest BCUT2D eigenvalue weighted by atomic mass is 10.1. The number of carbonyl (C=O) groups is 1. The molecule has 0 bridgehead atoms.